The van der Waals surface area contributed by atoms with Gasteiger partial charge in [-0.3, -0.25) is 4.98 Å². The zero-order chi connectivity index (χ0) is 13.1. The predicted octanol–water partition coefficient (Wildman–Crippen LogP) is 2.97. The predicted molar refractivity (Wildman–Crippen MR) is 65.6 cm³/mol. The summed E-state index contributed by atoms with van der Waals surface area (Å²) in [6.07, 6.45) is 2.73. The first-order chi connectivity index (χ1) is 8.58. The monoisotopic (exact) mass is 246 g/mol. The van der Waals surface area contributed by atoms with Crippen LogP contribution in [-0.4, -0.2) is 16.1 Å². The lowest BCUT2D eigenvalue weighted by Crippen LogP contribution is -2.04. The zero-order valence-corrected chi connectivity index (χ0v) is 9.64. The van der Waals surface area contributed by atoms with Gasteiger partial charge < -0.3 is 10.4 Å². The smallest absolute Gasteiger partial charge is 0.337 e. The first-order valence-electron chi connectivity index (χ1n) is 5.28. The van der Waals surface area contributed by atoms with Gasteiger partial charge in [-0.05, 0) is 30.7 Å². The molecule has 2 aromatic rings. The number of benzene rings is 1. The van der Waals surface area contributed by atoms with Crippen molar-refractivity contribution >= 4 is 17.3 Å². The number of nitrogens with one attached hydrogen (secondary N) is 1. The highest BCUT2D eigenvalue weighted by Gasteiger charge is 2.11. The second kappa shape index (κ2) is 4.83. The van der Waals surface area contributed by atoms with E-state index in [1.165, 1.54) is 24.5 Å². The fourth-order valence-electron chi connectivity index (χ4n) is 1.55. The molecule has 0 fully saturated rings. The topological polar surface area (TPSA) is 62.2 Å². The summed E-state index contributed by atoms with van der Waals surface area (Å²) in [7, 11) is 0. The number of carbonyl (C=O) groups is 1. The van der Waals surface area contributed by atoms with Gasteiger partial charge in [0.15, 0.2) is 0 Å². The SMILES string of the molecule is Cc1ccc(Nc2cnccc2C(=O)O)c(F)c1. The summed E-state index contributed by atoms with van der Waals surface area (Å²) in [5, 5.41) is 11.7. The maximum atomic E-state index is 13.6. The number of rotatable bonds is 3. The molecule has 0 bridgehead atoms. The van der Waals surface area contributed by atoms with E-state index in [0.717, 1.165) is 5.56 Å². The van der Waals surface area contributed by atoms with Crippen LogP contribution in [0.3, 0.4) is 0 Å². The molecule has 18 heavy (non-hydrogen) atoms. The van der Waals surface area contributed by atoms with Crippen LogP contribution in [0.1, 0.15) is 15.9 Å². The van der Waals surface area contributed by atoms with Crippen molar-refractivity contribution in [2.24, 2.45) is 0 Å². The molecule has 0 aliphatic carbocycles. The molecule has 0 aliphatic heterocycles. The molecule has 5 heteroatoms. The van der Waals surface area contributed by atoms with Gasteiger partial charge in [-0.25, -0.2) is 9.18 Å². The minimum atomic E-state index is -1.09. The highest BCUT2D eigenvalue weighted by atomic mass is 19.1. The third kappa shape index (κ3) is 2.45. The quantitative estimate of drug-likeness (QED) is 0.874. The van der Waals surface area contributed by atoms with Crippen molar-refractivity contribution in [1.29, 1.82) is 0 Å². The average molecular weight is 246 g/mol. The number of hydrogen-bond donors (Lipinski definition) is 2. The van der Waals surface area contributed by atoms with Crippen molar-refractivity contribution in [1.82, 2.24) is 4.98 Å². The van der Waals surface area contributed by atoms with Crippen molar-refractivity contribution in [2.45, 2.75) is 6.92 Å². The Morgan fingerprint density at radius 1 is 1.33 bits per heavy atom. The number of aromatic nitrogens is 1. The average Bonchev–Trinajstić information content (AvgIpc) is 2.33. The number of pyridine rings is 1. The van der Waals surface area contributed by atoms with Crippen molar-refractivity contribution in [3.8, 4) is 0 Å². The molecule has 0 saturated carbocycles. The van der Waals surface area contributed by atoms with E-state index in [2.05, 4.69) is 10.3 Å². The van der Waals surface area contributed by atoms with Gasteiger partial charge in [0.25, 0.3) is 0 Å². The van der Waals surface area contributed by atoms with E-state index in [0.29, 0.717) is 0 Å². The first-order valence-corrected chi connectivity index (χ1v) is 5.28. The van der Waals surface area contributed by atoms with Crippen molar-refractivity contribution in [3.05, 3.63) is 53.6 Å². The molecule has 1 aromatic heterocycles. The fourth-order valence-corrected chi connectivity index (χ4v) is 1.55. The highest BCUT2D eigenvalue weighted by Crippen LogP contribution is 2.23. The van der Waals surface area contributed by atoms with E-state index < -0.39 is 11.8 Å². The second-order valence-corrected chi connectivity index (χ2v) is 3.83. The Balaban J connectivity index is 2.37. The minimum absolute atomic E-state index is 0.0463. The maximum absolute atomic E-state index is 13.6. The van der Waals surface area contributed by atoms with Crippen LogP contribution in [0, 0.1) is 12.7 Å². The van der Waals surface area contributed by atoms with Gasteiger partial charge in [0.1, 0.15) is 5.82 Å². The summed E-state index contributed by atoms with van der Waals surface area (Å²) in [4.78, 5) is 14.8. The van der Waals surface area contributed by atoms with Gasteiger partial charge >= 0.3 is 5.97 Å². The molecule has 0 unspecified atom stereocenters. The number of aromatic carboxylic acids is 1. The lowest BCUT2D eigenvalue weighted by atomic mass is 10.2. The van der Waals surface area contributed by atoms with Crippen LogP contribution in [0.4, 0.5) is 15.8 Å². The van der Waals surface area contributed by atoms with Gasteiger partial charge in [0, 0.05) is 6.20 Å². The van der Waals surface area contributed by atoms with Crippen LogP contribution in [0.5, 0.6) is 0 Å². The third-order valence-corrected chi connectivity index (χ3v) is 2.45. The second-order valence-electron chi connectivity index (χ2n) is 3.83. The number of carboxylic acids is 1. The molecule has 1 aromatic carbocycles. The van der Waals surface area contributed by atoms with E-state index in [1.807, 2.05) is 0 Å². The number of hydrogen-bond acceptors (Lipinski definition) is 3. The normalized spacial score (nSPS) is 10.1. The Kier molecular flexibility index (Phi) is 3.23. The van der Waals surface area contributed by atoms with Gasteiger partial charge in [-0.2, -0.15) is 0 Å². The van der Waals surface area contributed by atoms with Gasteiger partial charge in [0.05, 0.1) is 23.1 Å². The van der Waals surface area contributed by atoms with Crippen molar-refractivity contribution in [2.75, 3.05) is 5.32 Å². The van der Waals surface area contributed by atoms with Crippen molar-refractivity contribution < 1.29 is 14.3 Å². The number of carboxylic acid groups (broad SMARTS) is 1. The Hall–Kier alpha value is -2.43. The molecule has 1 heterocycles. The Bertz CT molecular complexity index is 599. The minimum Gasteiger partial charge on any atom is -0.478 e. The molecular formula is C13H11FN2O2. The van der Waals surface area contributed by atoms with E-state index in [9.17, 15) is 9.18 Å². The summed E-state index contributed by atoms with van der Waals surface area (Å²) in [5.41, 5.74) is 1.32. The van der Waals surface area contributed by atoms with Crippen molar-refractivity contribution in [3.63, 3.8) is 0 Å². The summed E-state index contributed by atoms with van der Waals surface area (Å²) >= 11 is 0. The molecule has 2 N–H and O–H groups in total. The molecule has 92 valence electrons. The summed E-state index contributed by atoms with van der Waals surface area (Å²) in [6, 6.07) is 6.03. The van der Waals surface area contributed by atoms with Crippen LogP contribution in [0.25, 0.3) is 0 Å². The molecule has 0 radical (unpaired) electrons. The molecular weight excluding hydrogens is 235 g/mol. The van der Waals surface area contributed by atoms with Gasteiger partial charge in [-0.15, -0.1) is 0 Å². The molecule has 0 amide bonds. The molecule has 4 nitrogen and oxygen atoms in total. The lowest BCUT2D eigenvalue weighted by Gasteiger charge is -2.10. The maximum Gasteiger partial charge on any atom is 0.337 e. The summed E-state index contributed by atoms with van der Waals surface area (Å²) in [5.74, 6) is -1.53. The molecule has 0 spiro atoms. The van der Waals surface area contributed by atoms with Crippen LogP contribution in [0.2, 0.25) is 0 Å². The van der Waals surface area contributed by atoms with Crippen LogP contribution < -0.4 is 5.32 Å². The van der Waals surface area contributed by atoms with Crippen LogP contribution in [-0.2, 0) is 0 Å². The zero-order valence-electron chi connectivity index (χ0n) is 9.64. The van der Waals surface area contributed by atoms with E-state index in [-0.39, 0.29) is 16.9 Å². The molecule has 0 atom stereocenters. The Morgan fingerprint density at radius 3 is 2.78 bits per heavy atom. The Morgan fingerprint density at radius 2 is 2.11 bits per heavy atom. The van der Waals surface area contributed by atoms with Crippen LogP contribution >= 0.6 is 0 Å². The number of halogens is 1. The van der Waals surface area contributed by atoms with E-state index >= 15 is 0 Å². The third-order valence-electron chi connectivity index (χ3n) is 2.45. The van der Waals surface area contributed by atoms with E-state index in [1.54, 1.807) is 19.1 Å². The Labute approximate surface area is 103 Å². The van der Waals surface area contributed by atoms with Gasteiger partial charge in [0.2, 0.25) is 0 Å². The highest BCUT2D eigenvalue weighted by molar-refractivity contribution is 5.94. The largest absolute Gasteiger partial charge is 0.478 e. The summed E-state index contributed by atoms with van der Waals surface area (Å²) < 4.78 is 13.6. The fraction of sp³-hybridized carbons (Fsp3) is 0.0769. The lowest BCUT2D eigenvalue weighted by molar-refractivity contribution is 0.0698. The standard InChI is InChI=1S/C13H11FN2O2/c1-8-2-3-11(10(14)6-8)16-12-7-15-5-4-9(12)13(17)18/h2-7,16H,1H3,(H,17,18). The molecule has 0 aliphatic rings. The molecule has 2 rings (SSSR count). The van der Waals surface area contributed by atoms with E-state index in [4.69, 9.17) is 5.11 Å². The van der Waals surface area contributed by atoms with Gasteiger partial charge in [-0.1, -0.05) is 6.07 Å². The number of aryl methyl sites for hydroxylation is 1. The number of nitrogens with zero attached hydrogens (tertiary/aromatic N) is 1. The first kappa shape index (κ1) is 12.0. The number of anilines is 2. The summed E-state index contributed by atoms with van der Waals surface area (Å²) in [6.45, 7) is 1.78. The molecule has 0 saturated heterocycles. The van der Waals surface area contributed by atoms with Crippen LogP contribution in [0.15, 0.2) is 36.7 Å².